The number of carbonyl (C=O) groups is 2. The van der Waals surface area contributed by atoms with Crippen molar-refractivity contribution in [3.63, 3.8) is 0 Å². The summed E-state index contributed by atoms with van der Waals surface area (Å²) in [5, 5.41) is 17.0. The third-order valence-electron chi connectivity index (χ3n) is 5.03. The van der Waals surface area contributed by atoms with E-state index in [9.17, 15) is 14.9 Å². The molecule has 3 rings (SSSR count). The fourth-order valence-corrected chi connectivity index (χ4v) is 3.49. The lowest BCUT2D eigenvalue weighted by atomic mass is 9.85. The molecule has 1 aromatic carbocycles. The van der Waals surface area contributed by atoms with Crippen LogP contribution in [0.1, 0.15) is 47.6 Å². The predicted molar refractivity (Wildman–Crippen MR) is 103 cm³/mol. The van der Waals surface area contributed by atoms with Gasteiger partial charge in [-0.1, -0.05) is 25.0 Å². The molecular weight excluding hydrogens is 358 g/mol. The standard InChI is InChI=1S/C20H23N5O3/c1-28-18(26)10-13-6-8-15(9-7-13)23-20-16(19(22)27)12-25(24-20)17-5-3-2-4-14(17)11-21/h6-9,12,14,17H,2-5,10H2,1H3,(H2,22,27)(H,23,24)/t14-,17-/m0/s1. The van der Waals surface area contributed by atoms with Gasteiger partial charge in [0.1, 0.15) is 5.56 Å². The Bertz CT molecular complexity index is 898. The molecule has 0 saturated heterocycles. The zero-order valence-electron chi connectivity index (χ0n) is 15.7. The van der Waals surface area contributed by atoms with Gasteiger partial charge in [0.2, 0.25) is 0 Å². The Balaban J connectivity index is 1.81. The van der Waals surface area contributed by atoms with Crippen molar-refractivity contribution in [2.24, 2.45) is 11.7 Å². The number of hydrogen-bond acceptors (Lipinski definition) is 6. The first-order valence-corrected chi connectivity index (χ1v) is 9.23. The number of nitrogens with two attached hydrogens (primary N) is 1. The molecule has 1 aliphatic carbocycles. The van der Waals surface area contributed by atoms with Crippen molar-refractivity contribution in [1.82, 2.24) is 9.78 Å². The number of methoxy groups -OCH3 is 1. The molecule has 0 spiro atoms. The number of primary amides is 1. The molecule has 146 valence electrons. The van der Waals surface area contributed by atoms with Gasteiger partial charge in [0.05, 0.1) is 31.6 Å². The number of aromatic nitrogens is 2. The summed E-state index contributed by atoms with van der Waals surface area (Å²) in [6, 6.07) is 9.47. The molecule has 2 aromatic rings. The Labute approximate surface area is 163 Å². The average Bonchev–Trinajstić information content (AvgIpc) is 3.13. The lowest BCUT2D eigenvalue weighted by Crippen LogP contribution is -2.22. The topological polar surface area (TPSA) is 123 Å². The highest BCUT2D eigenvalue weighted by Gasteiger charge is 2.28. The number of carbonyl (C=O) groups excluding carboxylic acids is 2. The van der Waals surface area contributed by atoms with E-state index in [2.05, 4.69) is 21.2 Å². The maximum Gasteiger partial charge on any atom is 0.309 e. The van der Waals surface area contributed by atoms with Crippen molar-refractivity contribution in [3.05, 3.63) is 41.6 Å². The third kappa shape index (κ3) is 4.31. The molecule has 8 nitrogen and oxygen atoms in total. The first kappa shape index (κ1) is 19.4. The lowest BCUT2D eigenvalue weighted by Gasteiger charge is -2.26. The van der Waals surface area contributed by atoms with E-state index in [0.29, 0.717) is 11.5 Å². The molecule has 1 saturated carbocycles. The number of nitrogens with zero attached hydrogens (tertiary/aromatic N) is 3. The van der Waals surface area contributed by atoms with Crippen molar-refractivity contribution >= 4 is 23.4 Å². The smallest absolute Gasteiger partial charge is 0.309 e. The Morgan fingerprint density at radius 3 is 2.68 bits per heavy atom. The molecular formula is C20H23N5O3. The molecule has 28 heavy (non-hydrogen) atoms. The largest absolute Gasteiger partial charge is 0.469 e. The van der Waals surface area contributed by atoms with Crippen LogP contribution in [0.3, 0.4) is 0 Å². The summed E-state index contributed by atoms with van der Waals surface area (Å²) in [6.07, 6.45) is 5.55. The summed E-state index contributed by atoms with van der Waals surface area (Å²) in [4.78, 5) is 23.2. The highest BCUT2D eigenvalue weighted by molar-refractivity contribution is 5.98. The van der Waals surface area contributed by atoms with E-state index >= 15 is 0 Å². The van der Waals surface area contributed by atoms with E-state index in [1.165, 1.54) is 7.11 Å². The zero-order chi connectivity index (χ0) is 20.1. The molecule has 2 atom stereocenters. The second kappa shape index (κ2) is 8.57. The molecule has 1 heterocycles. The van der Waals surface area contributed by atoms with Gasteiger partial charge in [0.25, 0.3) is 5.91 Å². The zero-order valence-corrected chi connectivity index (χ0v) is 15.7. The van der Waals surface area contributed by atoms with Crippen LogP contribution in [-0.2, 0) is 16.0 Å². The van der Waals surface area contributed by atoms with Crippen LogP contribution in [0.25, 0.3) is 0 Å². The number of esters is 1. The van der Waals surface area contributed by atoms with Gasteiger partial charge in [-0.25, -0.2) is 0 Å². The Kier molecular flexibility index (Phi) is 5.94. The minimum Gasteiger partial charge on any atom is -0.469 e. The summed E-state index contributed by atoms with van der Waals surface area (Å²) in [7, 11) is 1.35. The van der Waals surface area contributed by atoms with Gasteiger partial charge in [-0.3, -0.25) is 14.3 Å². The molecule has 1 aromatic heterocycles. The van der Waals surface area contributed by atoms with E-state index in [4.69, 9.17) is 5.73 Å². The van der Waals surface area contributed by atoms with Crippen molar-refractivity contribution in [2.75, 3.05) is 12.4 Å². The number of ether oxygens (including phenoxy) is 1. The van der Waals surface area contributed by atoms with Crippen LogP contribution in [0, 0.1) is 17.2 Å². The lowest BCUT2D eigenvalue weighted by molar-refractivity contribution is -0.139. The molecule has 8 heteroatoms. The number of hydrogen-bond donors (Lipinski definition) is 2. The Morgan fingerprint density at radius 2 is 2.04 bits per heavy atom. The number of rotatable bonds is 6. The van der Waals surface area contributed by atoms with Gasteiger partial charge in [0, 0.05) is 11.9 Å². The van der Waals surface area contributed by atoms with Crippen molar-refractivity contribution in [1.29, 1.82) is 5.26 Å². The van der Waals surface area contributed by atoms with Crippen LogP contribution in [0.15, 0.2) is 30.5 Å². The first-order chi connectivity index (χ1) is 13.5. The SMILES string of the molecule is COC(=O)Cc1ccc(Nc2nn([C@H]3CCCC[C@H]3C#N)cc2C(N)=O)cc1. The summed E-state index contributed by atoms with van der Waals surface area (Å²) in [5.41, 5.74) is 7.33. The highest BCUT2D eigenvalue weighted by atomic mass is 16.5. The molecule has 0 radical (unpaired) electrons. The quantitative estimate of drug-likeness (QED) is 0.742. The van der Waals surface area contributed by atoms with Crippen LogP contribution in [0.5, 0.6) is 0 Å². The normalized spacial score (nSPS) is 18.9. The molecule has 0 bridgehead atoms. The van der Waals surface area contributed by atoms with Crippen LogP contribution in [0.4, 0.5) is 11.5 Å². The average molecular weight is 381 g/mol. The van der Waals surface area contributed by atoms with Gasteiger partial charge >= 0.3 is 5.97 Å². The van der Waals surface area contributed by atoms with Crippen molar-refractivity contribution in [3.8, 4) is 6.07 Å². The first-order valence-electron chi connectivity index (χ1n) is 9.23. The summed E-state index contributed by atoms with van der Waals surface area (Å²) in [6.45, 7) is 0. The van der Waals surface area contributed by atoms with E-state index in [-0.39, 0.29) is 29.9 Å². The summed E-state index contributed by atoms with van der Waals surface area (Å²) >= 11 is 0. The van der Waals surface area contributed by atoms with Crippen molar-refractivity contribution in [2.45, 2.75) is 38.1 Å². The van der Waals surface area contributed by atoms with Gasteiger partial charge in [-0.2, -0.15) is 10.4 Å². The molecule has 0 aliphatic heterocycles. The van der Waals surface area contributed by atoms with E-state index in [0.717, 1.165) is 31.2 Å². The molecule has 0 unspecified atom stereocenters. The van der Waals surface area contributed by atoms with Gasteiger partial charge in [0.15, 0.2) is 5.82 Å². The molecule has 1 amide bonds. The van der Waals surface area contributed by atoms with E-state index in [1.807, 2.05) is 0 Å². The van der Waals surface area contributed by atoms with Gasteiger partial charge in [-0.15, -0.1) is 0 Å². The monoisotopic (exact) mass is 381 g/mol. The van der Waals surface area contributed by atoms with Gasteiger partial charge in [-0.05, 0) is 30.5 Å². The number of amides is 1. The van der Waals surface area contributed by atoms with Crippen LogP contribution >= 0.6 is 0 Å². The van der Waals surface area contributed by atoms with E-state index < -0.39 is 5.91 Å². The van der Waals surface area contributed by atoms with Gasteiger partial charge < -0.3 is 15.8 Å². The minimum absolute atomic E-state index is 0.0603. The number of nitrogens with one attached hydrogen (secondary N) is 1. The maximum atomic E-state index is 11.9. The maximum absolute atomic E-state index is 11.9. The fourth-order valence-electron chi connectivity index (χ4n) is 3.49. The second-order valence-electron chi connectivity index (χ2n) is 6.90. The number of nitriles is 1. The third-order valence-corrected chi connectivity index (χ3v) is 5.03. The summed E-state index contributed by atoms with van der Waals surface area (Å²) in [5.74, 6) is -0.661. The number of anilines is 2. The van der Waals surface area contributed by atoms with E-state index in [1.54, 1.807) is 35.1 Å². The van der Waals surface area contributed by atoms with Crippen LogP contribution < -0.4 is 11.1 Å². The van der Waals surface area contributed by atoms with Crippen molar-refractivity contribution < 1.29 is 14.3 Å². The molecule has 1 aliphatic rings. The number of benzene rings is 1. The van der Waals surface area contributed by atoms with Crippen LogP contribution in [0.2, 0.25) is 0 Å². The predicted octanol–water partition coefficient (Wildman–Crippen LogP) is 2.70. The molecule has 1 fully saturated rings. The summed E-state index contributed by atoms with van der Waals surface area (Å²) < 4.78 is 6.35. The fraction of sp³-hybridized carbons (Fsp3) is 0.400. The Morgan fingerprint density at radius 1 is 1.32 bits per heavy atom. The molecule has 3 N–H and O–H groups in total. The van der Waals surface area contributed by atoms with Crippen LogP contribution in [-0.4, -0.2) is 28.8 Å². The Hall–Kier alpha value is -3.34. The highest BCUT2D eigenvalue weighted by Crippen LogP contribution is 2.34. The minimum atomic E-state index is -0.583. The second-order valence-corrected chi connectivity index (χ2v) is 6.90.